The Bertz CT molecular complexity index is 1190. The Morgan fingerprint density at radius 2 is 1.49 bits per heavy atom. The molecule has 11 heteroatoms. The van der Waals surface area contributed by atoms with Crippen molar-refractivity contribution in [3.63, 3.8) is 0 Å². The minimum absolute atomic E-state index is 0.286. The third-order valence-corrected chi connectivity index (χ3v) is 7.64. The molecule has 210 valence electrons. The summed E-state index contributed by atoms with van der Waals surface area (Å²) in [5, 5.41) is 14.5. The van der Waals surface area contributed by atoms with Crippen LogP contribution >= 0.6 is 0 Å². The second-order valence-electron chi connectivity index (χ2n) is 11.3. The highest BCUT2D eigenvalue weighted by Gasteiger charge is 2.66. The molecular weight excluding hydrogens is 508 g/mol. The van der Waals surface area contributed by atoms with E-state index >= 15 is 0 Å². The summed E-state index contributed by atoms with van der Waals surface area (Å²) in [7, 11) is 1.57. The van der Waals surface area contributed by atoms with E-state index in [4.69, 9.17) is 33.3 Å². The Kier molecular flexibility index (Phi) is 6.66. The molecule has 0 aromatic heterocycles. The van der Waals surface area contributed by atoms with Crippen LogP contribution in [0.15, 0.2) is 54.6 Å². The maximum absolute atomic E-state index is 12.8. The smallest absolute Gasteiger partial charge is 0.265 e. The highest BCUT2D eigenvalue weighted by molar-refractivity contribution is 5.30. The van der Waals surface area contributed by atoms with E-state index < -0.39 is 60.5 Å². The fourth-order valence-corrected chi connectivity index (χ4v) is 6.10. The summed E-state index contributed by atoms with van der Waals surface area (Å²) in [5.41, 5.74) is 1.60. The molecule has 4 saturated heterocycles. The standard InChI is InChI=1S/C28H34N2O9/c1-27(2)35-23-22(34-26-25(24(23)36-27)37-28(3,4)38-26)19-20(30(31)32)21(17-11-13-18(33-5)14-12-17)39-29(19)15-16-9-7-6-8-10-16/h6-14,19-26H,15H2,1-5H3/t19-,20-,21+,22+,23-,24-,25+,26+/m0/s1. The molecule has 0 aliphatic carbocycles. The molecule has 8 atom stereocenters. The molecule has 39 heavy (non-hydrogen) atoms. The van der Waals surface area contributed by atoms with Gasteiger partial charge in [-0.05, 0) is 51.0 Å². The zero-order chi connectivity index (χ0) is 27.5. The summed E-state index contributed by atoms with van der Waals surface area (Å²) < 4.78 is 36.6. The fraction of sp³-hybridized carbons (Fsp3) is 0.571. The lowest BCUT2D eigenvalue weighted by atomic mass is 9.87. The highest BCUT2D eigenvalue weighted by Crippen LogP contribution is 2.48. The van der Waals surface area contributed by atoms with Crippen molar-refractivity contribution in [1.82, 2.24) is 5.06 Å². The Morgan fingerprint density at radius 1 is 0.872 bits per heavy atom. The molecule has 4 aliphatic heterocycles. The zero-order valence-electron chi connectivity index (χ0n) is 22.6. The second-order valence-corrected chi connectivity index (χ2v) is 11.3. The van der Waals surface area contributed by atoms with E-state index in [2.05, 4.69) is 0 Å². The summed E-state index contributed by atoms with van der Waals surface area (Å²) in [6.07, 6.45) is -4.20. The molecule has 2 aromatic rings. The quantitative estimate of drug-likeness (QED) is 0.397. The van der Waals surface area contributed by atoms with Gasteiger partial charge >= 0.3 is 0 Å². The normalized spacial score (nSPS) is 36.8. The number of hydrogen-bond donors (Lipinski definition) is 0. The largest absolute Gasteiger partial charge is 0.497 e. The number of hydroxylamine groups is 2. The van der Waals surface area contributed by atoms with Crippen LogP contribution in [-0.4, -0.2) is 71.5 Å². The predicted octanol–water partition coefficient (Wildman–Crippen LogP) is 3.59. The van der Waals surface area contributed by atoms with Gasteiger partial charge in [-0.1, -0.05) is 42.5 Å². The number of fused-ring (bicyclic) bond motifs is 3. The van der Waals surface area contributed by atoms with Crippen LogP contribution in [0.3, 0.4) is 0 Å². The van der Waals surface area contributed by atoms with Gasteiger partial charge in [-0.15, -0.1) is 0 Å². The molecule has 0 saturated carbocycles. The second kappa shape index (κ2) is 9.77. The van der Waals surface area contributed by atoms with E-state index in [1.54, 1.807) is 50.3 Å². The van der Waals surface area contributed by atoms with Gasteiger partial charge in [-0.25, -0.2) is 0 Å². The maximum atomic E-state index is 12.8. The van der Waals surface area contributed by atoms with E-state index in [9.17, 15) is 10.1 Å². The van der Waals surface area contributed by atoms with Crippen LogP contribution in [0.5, 0.6) is 5.75 Å². The van der Waals surface area contributed by atoms with Crippen LogP contribution in [0.25, 0.3) is 0 Å². The molecule has 4 fully saturated rings. The molecule has 4 aliphatic rings. The van der Waals surface area contributed by atoms with Gasteiger partial charge < -0.3 is 28.4 Å². The van der Waals surface area contributed by atoms with Crippen molar-refractivity contribution in [2.75, 3.05) is 7.11 Å². The summed E-state index contributed by atoms with van der Waals surface area (Å²) in [5.74, 6) is -1.20. The average molecular weight is 543 g/mol. The highest BCUT2D eigenvalue weighted by atomic mass is 16.9. The first-order valence-corrected chi connectivity index (χ1v) is 13.2. The van der Waals surface area contributed by atoms with E-state index in [0.717, 1.165) is 5.56 Å². The number of ether oxygens (including phenoxy) is 6. The predicted molar refractivity (Wildman–Crippen MR) is 136 cm³/mol. The van der Waals surface area contributed by atoms with Gasteiger partial charge in [0.2, 0.25) is 0 Å². The Morgan fingerprint density at radius 3 is 2.13 bits per heavy atom. The molecule has 0 spiro atoms. The van der Waals surface area contributed by atoms with Crippen LogP contribution in [-0.2, 0) is 35.1 Å². The molecule has 0 bridgehead atoms. The number of nitro groups is 1. The van der Waals surface area contributed by atoms with Crippen molar-refractivity contribution < 1.29 is 38.2 Å². The molecule has 11 nitrogen and oxygen atoms in total. The lowest BCUT2D eigenvalue weighted by Gasteiger charge is -2.41. The topological polar surface area (TPSA) is 111 Å². The van der Waals surface area contributed by atoms with Crippen LogP contribution in [0.2, 0.25) is 0 Å². The molecule has 2 aromatic carbocycles. The maximum Gasteiger partial charge on any atom is 0.265 e. The lowest BCUT2D eigenvalue weighted by molar-refractivity contribution is -0.533. The first-order chi connectivity index (χ1) is 18.5. The van der Waals surface area contributed by atoms with Crippen LogP contribution in [0, 0.1) is 10.1 Å². The number of nitrogens with zero attached hydrogens (tertiary/aromatic N) is 2. The van der Waals surface area contributed by atoms with Gasteiger partial charge in [0.15, 0.2) is 24.0 Å². The van der Waals surface area contributed by atoms with Crippen molar-refractivity contribution in [1.29, 1.82) is 0 Å². The van der Waals surface area contributed by atoms with Crippen LogP contribution < -0.4 is 4.74 Å². The SMILES string of the molecule is COc1ccc([C@H]2ON(Cc3ccccc3)[C@H]([C@H]3O[C@@H]4OC(C)(C)O[C@@H]4[C@H]4OC(C)(C)O[C@H]43)[C@@H]2[N+](=O)[O-])cc1. The molecule has 0 unspecified atom stereocenters. The summed E-state index contributed by atoms with van der Waals surface area (Å²) in [4.78, 5) is 18.9. The Hall–Kier alpha value is -2.64. The van der Waals surface area contributed by atoms with Gasteiger partial charge in [0.1, 0.15) is 36.2 Å². The van der Waals surface area contributed by atoms with Crippen molar-refractivity contribution in [3.05, 3.63) is 75.8 Å². The Balaban J connectivity index is 1.41. The van der Waals surface area contributed by atoms with E-state index in [-0.39, 0.29) is 4.92 Å². The monoisotopic (exact) mass is 542 g/mol. The van der Waals surface area contributed by atoms with Gasteiger partial charge in [0, 0.05) is 11.5 Å². The molecule has 4 heterocycles. The average Bonchev–Trinajstić information content (AvgIpc) is 3.53. The third kappa shape index (κ3) is 4.93. The van der Waals surface area contributed by atoms with Gasteiger partial charge in [0.05, 0.1) is 7.11 Å². The molecule has 0 radical (unpaired) electrons. The number of rotatable bonds is 6. The molecule has 0 amide bonds. The van der Waals surface area contributed by atoms with Gasteiger partial charge in [0.25, 0.3) is 6.04 Å². The lowest BCUT2D eigenvalue weighted by Crippen LogP contribution is -2.63. The number of benzene rings is 2. The number of methoxy groups -OCH3 is 1. The van der Waals surface area contributed by atoms with E-state index in [0.29, 0.717) is 17.9 Å². The summed E-state index contributed by atoms with van der Waals surface area (Å²) in [6, 6.07) is 14.8. The van der Waals surface area contributed by atoms with Gasteiger partial charge in [-0.2, -0.15) is 5.06 Å². The summed E-state index contributed by atoms with van der Waals surface area (Å²) in [6.45, 7) is 7.55. The van der Waals surface area contributed by atoms with Crippen molar-refractivity contribution >= 4 is 0 Å². The minimum atomic E-state index is -1.17. The number of hydrogen-bond acceptors (Lipinski definition) is 10. The Labute approximate surface area is 226 Å². The van der Waals surface area contributed by atoms with Crippen LogP contribution in [0.1, 0.15) is 44.9 Å². The van der Waals surface area contributed by atoms with Crippen molar-refractivity contribution in [2.24, 2.45) is 0 Å². The minimum Gasteiger partial charge on any atom is -0.497 e. The van der Waals surface area contributed by atoms with Crippen molar-refractivity contribution in [2.45, 2.75) is 94.7 Å². The molecule has 0 N–H and O–H groups in total. The van der Waals surface area contributed by atoms with E-state index in [1.165, 1.54) is 0 Å². The first-order valence-electron chi connectivity index (χ1n) is 13.2. The van der Waals surface area contributed by atoms with Crippen LogP contribution in [0.4, 0.5) is 0 Å². The third-order valence-electron chi connectivity index (χ3n) is 7.64. The zero-order valence-corrected chi connectivity index (χ0v) is 22.6. The van der Waals surface area contributed by atoms with Gasteiger partial charge in [-0.3, -0.25) is 15.0 Å². The fourth-order valence-electron chi connectivity index (χ4n) is 6.10. The first kappa shape index (κ1) is 26.6. The summed E-state index contributed by atoms with van der Waals surface area (Å²) >= 11 is 0. The van der Waals surface area contributed by atoms with E-state index in [1.807, 2.05) is 44.2 Å². The van der Waals surface area contributed by atoms with Crippen molar-refractivity contribution in [3.8, 4) is 5.75 Å². The molecular formula is C28H34N2O9. The molecule has 6 rings (SSSR count).